The molecule has 0 heterocycles. The van der Waals surface area contributed by atoms with Gasteiger partial charge in [-0.25, -0.2) is 12.8 Å². The molecule has 1 rings (SSSR count). The third kappa shape index (κ3) is 4.70. The van der Waals surface area contributed by atoms with Crippen LogP contribution in [0, 0.1) is 5.82 Å². The number of carboxylic acids is 1. The van der Waals surface area contributed by atoms with Crippen molar-refractivity contribution in [3.05, 3.63) is 34.6 Å². The molecule has 7 heteroatoms. The lowest BCUT2D eigenvalue weighted by Crippen LogP contribution is -2.13. The van der Waals surface area contributed by atoms with E-state index in [1.807, 2.05) is 0 Å². The molecule has 0 amide bonds. The molecular weight excluding hydrogens is 271 g/mol. The molecule has 1 N–H and O–H groups in total. The minimum Gasteiger partial charge on any atom is -0.481 e. The van der Waals surface area contributed by atoms with Crippen LogP contribution in [0.1, 0.15) is 12.0 Å². The normalized spacial score (nSPS) is 11.4. The SMILES string of the molecule is O=C(O)CCS(=O)(=O)Cc1ccc(F)cc1Cl. The van der Waals surface area contributed by atoms with Gasteiger partial charge in [0, 0.05) is 5.02 Å². The number of aliphatic carboxylic acids is 1. The maximum absolute atomic E-state index is 12.7. The highest BCUT2D eigenvalue weighted by Crippen LogP contribution is 2.20. The van der Waals surface area contributed by atoms with E-state index in [0.717, 1.165) is 12.1 Å². The zero-order chi connectivity index (χ0) is 13.1. The molecule has 0 radical (unpaired) electrons. The van der Waals surface area contributed by atoms with Crippen LogP contribution in [-0.4, -0.2) is 25.2 Å². The van der Waals surface area contributed by atoms with Gasteiger partial charge in [-0.2, -0.15) is 0 Å². The van der Waals surface area contributed by atoms with E-state index in [4.69, 9.17) is 16.7 Å². The first-order valence-corrected chi connectivity index (χ1v) is 6.86. The lowest BCUT2D eigenvalue weighted by atomic mass is 10.2. The van der Waals surface area contributed by atoms with Crippen molar-refractivity contribution >= 4 is 27.4 Å². The Hall–Kier alpha value is -1.14. The van der Waals surface area contributed by atoms with Crippen LogP contribution in [0.5, 0.6) is 0 Å². The highest BCUT2D eigenvalue weighted by atomic mass is 35.5. The number of sulfone groups is 1. The van der Waals surface area contributed by atoms with Crippen LogP contribution in [0.25, 0.3) is 0 Å². The number of benzene rings is 1. The predicted molar refractivity (Wildman–Crippen MR) is 61.2 cm³/mol. The molecule has 0 spiro atoms. The fraction of sp³-hybridized carbons (Fsp3) is 0.300. The molecule has 94 valence electrons. The quantitative estimate of drug-likeness (QED) is 0.894. The fourth-order valence-corrected chi connectivity index (χ4v) is 2.86. The zero-order valence-corrected chi connectivity index (χ0v) is 10.3. The summed E-state index contributed by atoms with van der Waals surface area (Å²) in [5.41, 5.74) is 0.262. The van der Waals surface area contributed by atoms with Crippen LogP contribution in [-0.2, 0) is 20.4 Å². The summed E-state index contributed by atoms with van der Waals surface area (Å²) >= 11 is 5.68. The van der Waals surface area contributed by atoms with E-state index < -0.39 is 33.8 Å². The highest BCUT2D eigenvalue weighted by molar-refractivity contribution is 7.90. The minimum atomic E-state index is -3.55. The van der Waals surface area contributed by atoms with Gasteiger partial charge in [0.2, 0.25) is 0 Å². The van der Waals surface area contributed by atoms with Crippen molar-refractivity contribution in [1.29, 1.82) is 0 Å². The summed E-state index contributed by atoms with van der Waals surface area (Å²) in [6, 6.07) is 3.40. The Morgan fingerprint density at radius 3 is 2.59 bits per heavy atom. The lowest BCUT2D eigenvalue weighted by Gasteiger charge is -2.05. The third-order valence-corrected chi connectivity index (χ3v) is 3.95. The minimum absolute atomic E-state index is 0.0175. The van der Waals surface area contributed by atoms with Crippen LogP contribution in [0.15, 0.2) is 18.2 Å². The molecular formula is C10H10ClFO4S. The number of hydrogen-bond acceptors (Lipinski definition) is 3. The van der Waals surface area contributed by atoms with E-state index in [1.54, 1.807) is 0 Å². The summed E-state index contributed by atoms with van der Waals surface area (Å²) in [6.07, 6.45) is -0.457. The van der Waals surface area contributed by atoms with Gasteiger partial charge in [-0.15, -0.1) is 0 Å². The van der Waals surface area contributed by atoms with Crippen LogP contribution in [0.4, 0.5) is 4.39 Å². The van der Waals surface area contributed by atoms with Crippen molar-refractivity contribution in [2.75, 3.05) is 5.75 Å². The Labute approximate surface area is 103 Å². The molecule has 0 unspecified atom stereocenters. The first-order chi connectivity index (χ1) is 7.80. The smallest absolute Gasteiger partial charge is 0.304 e. The second-order valence-corrected chi connectivity index (χ2v) is 6.06. The predicted octanol–water partition coefficient (Wildman–Crippen LogP) is 1.87. The Morgan fingerprint density at radius 2 is 2.06 bits per heavy atom. The van der Waals surface area contributed by atoms with Crippen molar-refractivity contribution in [1.82, 2.24) is 0 Å². The highest BCUT2D eigenvalue weighted by Gasteiger charge is 2.16. The van der Waals surface area contributed by atoms with Crippen molar-refractivity contribution in [3.63, 3.8) is 0 Å². The summed E-state index contributed by atoms with van der Waals surface area (Å²) in [6.45, 7) is 0. The van der Waals surface area contributed by atoms with Gasteiger partial charge in [-0.1, -0.05) is 17.7 Å². The van der Waals surface area contributed by atoms with Crippen LogP contribution in [0.2, 0.25) is 5.02 Å². The van der Waals surface area contributed by atoms with Gasteiger partial charge in [0.05, 0.1) is 17.9 Å². The summed E-state index contributed by atoms with van der Waals surface area (Å²) < 4.78 is 35.8. The Bertz CT molecular complexity index is 527. The fourth-order valence-electron chi connectivity index (χ4n) is 1.19. The van der Waals surface area contributed by atoms with Crippen molar-refractivity contribution in [2.45, 2.75) is 12.2 Å². The van der Waals surface area contributed by atoms with E-state index in [2.05, 4.69) is 0 Å². The Kier molecular flexibility index (Phi) is 4.47. The number of rotatable bonds is 5. The first kappa shape index (κ1) is 13.9. The molecule has 0 fully saturated rings. The molecule has 0 saturated heterocycles. The second kappa shape index (κ2) is 5.46. The van der Waals surface area contributed by atoms with Crippen molar-refractivity contribution < 1.29 is 22.7 Å². The van der Waals surface area contributed by atoms with Gasteiger partial charge in [0.15, 0.2) is 9.84 Å². The molecule has 1 aromatic carbocycles. The monoisotopic (exact) mass is 280 g/mol. The largest absolute Gasteiger partial charge is 0.481 e. The average molecular weight is 281 g/mol. The molecule has 1 aromatic rings. The second-order valence-electron chi connectivity index (χ2n) is 3.47. The van der Waals surface area contributed by atoms with Crippen molar-refractivity contribution in [3.8, 4) is 0 Å². The molecule has 0 atom stereocenters. The van der Waals surface area contributed by atoms with Gasteiger partial charge >= 0.3 is 5.97 Å². The van der Waals surface area contributed by atoms with Crippen molar-refractivity contribution in [2.24, 2.45) is 0 Å². The maximum Gasteiger partial charge on any atom is 0.304 e. The molecule has 0 aromatic heterocycles. The van der Waals surface area contributed by atoms with E-state index >= 15 is 0 Å². The Balaban J connectivity index is 2.79. The molecule has 0 bridgehead atoms. The zero-order valence-electron chi connectivity index (χ0n) is 8.69. The van der Waals surface area contributed by atoms with Crippen LogP contribution < -0.4 is 0 Å². The van der Waals surface area contributed by atoms with Gasteiger partial charge in [0.25, 0.3) is 0 Å². The summed E-state index contributed by atoms with van der Waals surface area (Å²) in [7, 11) is -3.55. The van der Waals surface area contributed by atoms with E-state index in [1.165, 1.54) is 6.07 Å². The topological polar surface area (TPSA) is 71.4 Å². The van der Waals surface area contributed by atoms with Crippen LogP contribution in [0.3, 0.4) is 0 Å². The molecule has 0 aliphatic heterocycles. The number of carbonyl (C=O) groups is 1. The lowest BCUT2D eigenvalue weighted by molar-refractivity contribution is -0.136. The van der Waals surface area contributed by atoms with E-state index in [-0.39, 0.29) is 16.3 Å². The van der Waals surface area contributed by atoms with E-state index in [0.29, 0.717) is 0 Å². The number of halogens is 2. The number of hydrogen-bond donors (Lipinski definition) is 1. The molecule has 4 nitrogen and oxygen atoms in total. The molecule has 0 aliphatic carbocycles. The number of carboxylic acid groups (broad SMARTS) is 1. The third-order valence-electron chi connectivity index (χ3n) is 2.02. The van der Waals surface area contributed by atoms with Gasteiger partial charge in [0.1, 0.15) is 5.82 Å². The first-order valence-electron chi connectivity index (χ1n) is 4.66. The van der Waals surface area contributed by atoms with Gasteiger partial charge < -0.3 is 5.11 Å². The standard InChI is InChI=1S/C10H10ClFO4S/c11-9-5-8(12)2-1-7(9)6-17(15,16)4-3-10(13)14/h1-2,5H,3-4,6H2,(H,13,14). The molecule has 17 heavy (non-hydrogen) atoms. The average Bonchev–Trinajstić information content (AvgIpc) is 2.20. The Morgan fingerprint density at radius 1 is 1.41 bits per heavy atom. The van der Waals surface area contributed by atoms with Gasteiger partial charge in [-0.05, 0) is 17.7 Å². The summed E-state index contributed by atoms with van der Waals surface area (Å²) in [4.78, 5) is 10.3. The maximum atomic E-state index is 12.7. The molecule has 0 saturated carbocycles. The molecule has 0 aliphatic rings. The summed E-state index contributed by atoms with van der Waals surface area (Å²) in [5, 5.41) is 8.41. The van der Waals surface area contributed by atoms with E-state index in [9.17, 15) is 17.6 Å². The van der Waals surface area contributed by atoms with Crippen LogP contribution >= 0.6 is 11.6 Å². The van der Waals surface area contributed by atoms with Gasteiger partial charge in [-0.3, -0.25) is 4.79 Å². The summed E-state index contributed by atoms with van der Waals surface area (Å²) in [5.74, 6) is -2.59.